The van der Waals surface area contributed by atoms with Crippen LogP contribution in [0.1, 0.15) is 26.3 Å². The molecule has 2 amide bonds. The minimum Gasteiger partial charge on any atom is -0.495 e. The minimum atomic E-state index is -3.94. The molecule has 0 saturated heterocycles. The Hall–Kier alpha value is -3.07. The van der Waals surface area contributed by atoms with Crippen LogP contribution in [-0.2, 0) is 19.6 Å². The van der Waals surface area contributed by atoms with Crippen LogP contribution in [0.15, 0.2) is 47.4 Å². The third-order valence-corrected chi connectivity index (χ3v) is 5.91. The fourth-order valence-electron chi connectivity index (χ4n) is 2.87. The lowest BCUT2D eigenvalue weighted by atomic mass is 10.0. The highest BCUT2D eigenvalue weighted by atomic mass is 32.2. The summed E-state index contributed by atoms with van der Waals surface area (Å²) in [6.45, 7) is 6.62. The molecule has 30 heavy (non-hydrogen) atoms. The first kappa shape index (κ1) is 23.2. The average molecular weight is 434 g/mol. The maximum atomic E-state index is 13.0. The van der Waals surface area contributed by atoms with Gasteiger partial charge in [-0.25, -0.2) is 8.42 Å². The van der Waals surface area contributed by atoms with Crippen molar-refractivity contribution in [1.29, 1.82) is 0 Å². The summed E-state index contributed by atoms with van der Waals surface area (Å²) in [6, 6.07) is 10.5. The molecule has 9 heteroatoms. The van der Waals surface area contributed by atoms with E-state index in [0.717, 1.165) is 0 Å². The smallest absolute Gasteiger partial charge is 0.262 e. The Bertz CT molecular complexity index is 1030. The van der Waals surface area contributed by atoms with Crippen LogP contribution in [0, 0.1) is 12.8 Å². The van der Waals surface area contributed by atoms with Crippen molar-refractivity contribution in [2.45, 2.75) is 38.6 Å². The molecular weight excluding hydrogens is 406 g/mol. The summed E-state index contributed by atoms with van der Waals surface area (Å²) in [7, 11) is -2.49. The standard InChI is InChI=1S/C21H27N3O5S/c1-13(2)20(22-15(4)25)21(26)23-16-11-10-14(3)19(12-16)30(27,28)24-17-8-6-7-9-18(17)29-5/h6-13,20,24H,1-5H3,(H,22,25)(H,23,26)/t20-/m1/s1. The number of methoxy groups -OCH3 is 1. The third-order valence-electron chi connectivity index (χ3n) is 4.40. The predicted octanol–water partition coefficient (Wildman–Crippen LogP) is 2.90. The van der Waals surface area contributed by atoms with Crippen LogP contribution < -0.4 is 20.1 Å². The lowest BCUT2D eigenvalue weighted by Crippen LogP contribution is -2.46. The number of sulfonamides is 1. The van der Waals surface area contributed by atoms with Gasteiger partial charge in [0.25, 0.3) is 10.0 Å². The Morgan fingerprint density at radius 2 is 1.73 bits per heavy atom. The number of benzene rings is 2. The van der Waals surface area contributed by atoms with Gasteiger partial charge < -0.3 is 15.4 Å². The second kappa shape index (κ2) is 9.62. The zero-order valence-corrected chi connectivity index (χ0v) is 18.5. The molecule has 0 unspecified atom stereocenters. The van der Waals surface area contributed by atoms with E-state index in [-0.39, 0.29) is 16.7 Å². The van der Waals surface area contributed by atoms with Crippen molar-refractivity contribution in [3.05, 3.63) is 48.0 Å². The van der Waals surface area contributed by atoms with Crippen molar-refractivity contribution in [2.24, 2.45) is 5.92 Å². The molecule has 0 bridgehead atoms. The number of ether oxygens (including phenoxy) is 1. The molecule has 162 valence electrons. The van der Waals surface area contributed by atoms with Gasteiger partial charge in [0.2, 0.25) is 11.8 Å². The zero-order valence-electron chi connectivity index (χ0n) is 17.6. The molecule has 0 fully saturated rings. The first-order chi connectivity index (χ1) is 14.0. The maximum Gasteiger partial charge on any atom is 0.262 e. The first-order valence-corrected chi connectivity index (χ1v) is 10.9. The van der Waals surface area contributed by atoms with Crippen LogP contribution in [0.5, 0.6) is 5.75 Å². The molecule has 0 saturated carbocycles. The molecule has 1 atom stereocenters. The van der Waals surface area contributed by atoms with E-state index in [0.29, 0.717) is 22.7 Å². The van der Waals surface area contributed by atoms with Crippen molar-refractivity contribution >= 4 is 33.2 Å². The lowest BCUT2D eigenvalue weighted by molar-refractivity contribution is -0.126. The van der Waals surface area contributed by atoms with Gasteiger partial charge in [-0.1, -0.05) is 32.0 Å². The molecule has 2 aromatic rings. The summed E-state index contributed by atoms with van der Waals surface area (Å²) in [4.78, 5) is 24.0. The van der Waals surface area contributed by atoms with Gasteiger partial charge in [0.1, 0.15) is 11.8 Å². The number of hydrogen-bond donors (Lipinski definition) is 3. The normalized spacial score (nSPS) is 12.2. The van der Waals surface area contributed by atoms with Crippen LogP contribution >= 0.6 is 0 Å². The van der Waals surface area contributed by atoms with E-state index < -0.39 is 22.0 Å². The van der Waals surface area contributed by atoms with Gasteiger partial charge in [0.05, 0.1) is 17.7 Å². The van der Waals surface area contributed by atoms with Crippen LogP contribution in [0.25, 0.3) is 0 Å². The van der Waals surface area contributed by atoms with E-state index in [1.165, 1.54) is 20.1 Å². The fraction of sp³-hybridized carbons (Fsp3) is 0.333. The summed E-state index contributed by atoms with van der Waals surface area (Å²) >= 11 is 0. The highest BCUT2D eigenvalue weighted by Crippen LogP contribution is 2.28. The van der Waals surface area contributed by atoms with Crippen molar-refractivity contribution in [2.75, 3.05) is 17.1 Å². The molecule has 0 aliphatic heterocycles. The number of aryl methyl sites for hydroxylation is 1. The van der Waals surface area contributed by atoms with Crippen molar-refractivity contribution in [3.63, 3.8) is 0 Å². The number of anilines is 2. The molecule has 0 aliphatic rings. The van der Waals surface area contributed by atoms with Crippen LogP contribution in [-0.4, -0.2) is 33.4 Å². The van der Waals surface area contributed by atoms with E-state index in [2.05, 4.69) is 15.4 Å². The highest BCUT2D eigenvalue weighted by Gasteiger charge is 2.24. The Morgan fingerprint density at radius 1 is 1.07 bits per heavy atom. The van der Waals surface area contributed by atoms with Crippen LogP contribution in [0.2, 0.25) is 0 Å². The summed E-state index contributed by atoms with van der Waals surface area (Å²) in [5.74, 6) is -0.504. The van der Waals surface area contributed by atoms with Gasteiger partial charge in [-0.2, -0.15) is 0 Å². The van der Waals surface area contributed by atoms with Gasteiger partial charge in [0, 0.05) is 12.6 Å². The van der Waals surface area contributed by atoms with Crippen LogP contribution in [0.4, 0.5) is 11.4 Å². The molecule has 8 nitrogen and oxygen atoms in total. The molecule has 0 radical (unpaired) electrons. The third kappa shape index (κ3) is 5.73. The quantitative estimate of drug-likeness (QED) is 0.592. The first-order valence-electron chi connectivity index (χ1n) is 9.39. The lowest BCUT2D eigenvalue weighted by Gasteiger charge is -2.21. The van der Waals surface area contributed by atoms with Crippen molar-refractivity contribution < 1.29 is 22.7 Å². The molecule has 0 aliphatic carbocycles. The van der Waals surface area contributed by atoms with E-state index in [1.807, 2.05) is 13.8 Å². The van der Waals surface area contributed by atoms with Crippen molar-refractivity contribution in [1.82, 2.24) is 5.32 Å². The van der Waals surface area contributed by atoms with Gasteiger partial charge in [0.15, 0.2) is 0 Å². The van der Waals surface area contributed by atoms with Gasteiger partial charge in [-0.3, -0.25) is 14.3 Å². The predicted molar refractivity (Wildman–Crippen MR) is 116 cm³/mol. The molecule has 0 aromatic heterocycles. The molecule has 0 heterocycles. The van der Waals surface area contributed by atoms with Crippen LogP contribution in [0.3, 0.4) is 0 Å². The number of hydrogen-bond acceptors (Lipinski definition) is 5. The van der Waals surface area contributed by atoms with Gasteiger partial charge in [-0.05, 0) is 42.7 Å². The van der Waals surface area contributed by atoms with E-state index in [4.69, 9.17) is 4.74 Å². The van der Waals surface area contributed by atoms with E-state index >= 15 is 0 Å². The fourth-order valence-corrected chi connectivity index (χ4v) is 4.21. The Kier molecular flexibility index (Phi) is 7.44. The minimum absolute atomic E-state index is 0.0202. The highest BCUT2D eigenvalue weighted by molar-refractivity contribution is 7.92. The van der Waals surface area contributed by atoms with Gasteiger partial charge in [-0.15, -0.1) is 0 Å². The molecule has 2 rings (SSSR count). The second-order valence-electron chi connectivity index (χ2n) is 7.20. The Balaban J connectivity index is 2.32. The number of nitrogens with one attached hydrogen (secondary N) is 3. The number of para-hydroxylation sites is 2. The summed E-state index contributed by atoms with van der Waals surface area (Å²) < 4.78 is 33.7. The Morgan fingerprint density at radius 3 is 2.33 bits per heavy atom. The monoisotopic (exact) mass is 433 g/mol. The number of carbonyl (C=O) groups is 2. The number of amides is 2. The summed E-state index contributed by atoms with van der Waals surface area (Å²) in [6.07, 6.45) is 0. The maximum absolute atomic E-state index is 13.0. The summed E-state index contributed by atoms with van der Waals surface area (Å²) in [5.41, 5.74) is 1.12. The summed E-state index contributed by atoms with van der Waals surface area (Å²) in [5, 5.41) is 5.29. The average Bonchev–Trinajstić information content (AvgIpc) is 2.67. The topological polar surface area (TPSA) is 114 Å². The Labute approximate surface area is 177 Å². The number of rotatable bonds is 8. The van der Waals surface area contributed by atoms with Crippen molar-refractivity contribution in [3.8, 4) is 5.75 Å². The van der Waals surface area contributed by atoms with E-state index in [1.54, 1.807) is 43.3 Å². The SMILES string of the molecule is COc1ccccc1NS(=O)(=O)c1cc(NC(=O)[C@H](NC(C)=O)C(C)C)ccc1C. The molecule has 0 spiro atoms. The van der Waals surface area contributed by atoms with E-state index in [9.17, 15) is 18.0 Å². The molecule has 3 N–H and O–H groups in total. The molecule has 2 aromatic carbocycles. The number of carbonyl (C=O) groups excluding carboxylic acids is 2. The zero-order chi connectivity index (χ0) is 22.5. The second-order valence-corrected chi connectivity index (χ2v) is 8.85. The largest absolute Gasteiger partial charge is 0.495 e. The molecular formula is C21H27N3O5S. The van der Waals surface area contributed by atoms with Gasteiger partial charge >= 0.3 is 0 Å².